The first-order chi connectivity index (χ1) is 15.1. The smallest absolute Gasteiger partial charge is 0.416 e. The largest absolute Gasteiger partial charge is 0.490 e. The van der Waals surface area contributed by atoms with Gasteiger partial charge in [-0.3, -0.25) is 4.79 Å². The van der Waals surface area contributed by atoms with E-state index in [0.29, 0.717) is 11.8 Å². The molecule has 1 heterocycles. The van der Waals surface area contributed by atoms with Crippen LogP contribution in [0.2, 0.25) is 0 Å². The second-order valence-corrected chi connectivity index (χ2v) is 9.47. The highest BCUT2D eigenvalue weighted by Crippen LogP contribution is 2.32. The molecule has 0 aromatic heterocycles. The second-order valence-electron chi connectivity index (χ2n) is 7.54. The molecule has 0 spiro atoms. The summed E-state index contributed by atoms with van der Waals surface area (Å²) < 4.78 is 76.1. The molecule has 2 aromatic rings. The molecule has 32 heavy (non-hydrogen) atoms. The van der Waals surface area contributed by atoms with Crippen molar-refractivity contribution in [2.45, 2.75) is 30.8 Å². The normalized spacial score (nSPS) is 16.0. The van der Waals surface area contributed by atoms with Crippen molar-refractivity contribution in [1.82, 2.24) is 4.31 Å². The monoisotopic (exact) mass is 471 g/mol. The summed E-state index contributed by atoms with van der Waals surface area (Å²) in [5, 5.41) is 0. The van der Waals surface area contributed by atoms with Gasteiger partial charge in [0.15, 0.2) is 0 Å². The van der Waals surface area contributed by atoms with E-state index in [4.69, 9.17) is 9.47 Å². The number of carbonyl (C=O) groups is 1. The van der Waals surface area contributed by atoms with E-state index in [9.17, 15) is 26.4 Å². The molecule has 1 fully saturated rings. The number of benzene rings is 2. The van der Waals surface area contributed by atoms with E-state index < -0.39 is 38.5 Å². The summed E-state index contributed by atoms with van der Waals surface area (Å²) in [6, 6.07) is 11.1. The predicted octanol–water partition coefficient (Wildman–Crippen LogP) is 4.04. The Kier molecular flexibility index (Phi) is 7.45. The number of carbonyl (C=O) groups excluding carboxylic acids is 1. The van der Waals surface area contributed by atoms with Gasteiger partial charge in [0, 0.05) is 13.1 Å². The van der Waals surface area contributed by atoms with Crippen LogP contribution >= 0.6 is 0 Å². The molecule has 0 radical (unpaired) electrons. The minimum Gasteiger partial charge on any atom is -0.490 e. The number of piperidine rings is 1. The zero-order valence-electron chi connectivity index (χ0n) is 17.5. The molecular weight excluding hydrogens is 447 g/mol. The molecule has 0 N–H and O–H groups in total. The first kappa shape index (κ1) is 24.1. The molecular formula is C22H24F3NO5S. The fourth-order valence-electron chi connectivity index (χ4n) is 3.44. The number of halogens is 3. The number of esters is 1. The molecule has 1 saturated heterocycles. The lowest BCUT2D eigenvalue weighted by Gasteiger charge is -2.30. The lowest BCUT2D eigenvalue weighted by atomic mass is 9.98. The Bertz CT molecular complexity index is 1050. The molecule has 0 saturated carbocycles. The number of hydrogen-bond acceptors (Lipinski definition) is 5. The fraction of sp³-hybridized carbons (Fsp3) is 0.409. The van der Waals surface area contributed by atoms with Crippen LogP contribution in [0.3, 0.4) is 0 Å². The maximum Gasteiger partial charge on any atom is 0.416 e. The summed E-state index contributed by atoms with van der Waals surface area (Å²) >= 11 is 0. The summed E-state index contributed by atoms with van der Waals surface area (Å²) in [7, 11) is -4.09. The lowest BCUT2D eigenvalue weighted by Crippen LogP contribution is -2.40. The third-order valence-electron chi connectivity index (χ3n) is 5.17. The minimum atomic E-state index is -4.63. The van der Waals surface area contributed by atoms with Crippen molar-refractivity contribution < 1.29 is 35.9 Å². The van der Waals surface area contributed by atoms with E-state index in [-0.39, 0.29) is 39.1 Å². The first-order valence-electron chi connectivity index (χ1n) is 10.1. The fourth-order valence-corrected chi connectivity index (χ4v) is 4.95. The number of ether oxygens (including phenoxy) is 2. The van der Waals surface area contributed by atoms with Crippen molar-refractivity contribution in [2.75, 3.05) is 26.3 Å². The van der Waals surface area contributed by atoms with Crippen LogP contribution in [0, 0.1) is 12.8 Å². The number of hydrogen-bond donors (Lipinski definition) is 0. The molecule has 0 unspecified atom stereocenters. The van der Waals surface area contributed by atoms with Crippen molar-refractivity contribution in [2.24, 2.45) is 5.92 Å². The van der Waals surface area contributed by atoms with E-state index in [1.54, 1.807) is 6.07 Å². The predicted molar refractivity (Wildman–Crippen MR) is 111 cm³/mol. The van der Waals surface area contributed by atoms with Gasteiger partial charge >= 0.3 is 12.1 Å². The van der Waals surface area contributed by atoms with Crippen LogP contribution < -0.4 is 4.74 Å². The third-order valence-corrected chi connectivity index (χ3v) is 7.07. The average molecular weight is 471 g/mol. The number of rotatable bonds is 7. The van der Waals surface area contributed by atoms with Gasteiger partial charge in [0.2, 0.25) is 10.0 Å². The van der Waals surface area contributed by atoms with Crippen molar-refractivity contribution >= 4 is 16.0 Å². The Morgan fingerprint density at radius 3 is 2.41 bits per heavy atom. The average Bonchev–Trinajstić information content (AvgIpc) is 2.76. The summed E-state index contributed by atoms with van der Waals surface area (Å²) in [4.78, 5) is 11.9. The van der Waals surface area contributed by atoms with E-state index in [0.717, 1.165) is 28.1 Å². The zero-order valence-corrected chi connectivity index (χ0v) is 18.3. The molecule has 174 valence electrons. The number of sulfonamides is 1. The van der Waals surface area contributed by atoms with Crippen LogP contribution in [0.4, 0.5) is 13.2 Å². The Morgan fingerprint density at radius 2 is 1.75 bits per heavy atom. The lowest BCUT2D eigenvalue weighted by molar-refractivity contribution is -0.150. The van der Waals surface area contributed by atoms with Crippen LogP contribution in [-0.2, 0) is 25.7 Å². The minimum absolute atomic E-state index is 0.0259. The zero-order chi connectivity index (χ0) is 23.4. The second kappa shape index (κ2) is 9.91. The molecule has 10 heteroatoms. The SMILES string of the molecule is Cc1cccc(OCCOC(=O)C2CCN(S(=O)(=O)c3cccc(C(F)(F)F)c3)CC2)c1. The van der Waals surface area contributed by atoms with Gasteiger partial charge in [0.25, 0.3) is 0 Å². The standard InChI is InChI=1S/C22H24F3NO5S/c1-16-4-2-6-19(14-16)30-12-13-31-21(27)17-8-10-26(11-9-17)32(28,29)20-7-3-5-18(15-20)22(23,24)25/h2-7,14-15,17H,8-13H2,1H3. The van der Waals surface area contributed by atoms with E-state index in [2.05, 4.69) is 0 Å². The highest BCUT2D eigenvalue weighted by molar-refractivity contribution is 7.89. The number of alkyl halides is 3. The Balaban J connectivity index is 1.49. The maximum absolute atomic E-state index is 12.9. The van der Waals surface area contributed by atoms with Gasteiger partial charge in [-0.1, -0.05) is 18.2 Å². The molecule has 0 aliphatic carbocycles. The maximum atomic E-state index is 12.9. The van der Waals surface area contributed by atoms with Gasteiger partial charge in [-0.15, -0.1) is 0 Å². The molecule has 1 aliphatic heterocycles. The van der Waals surface area contributed by atoms with E-state index >= 15 is 0 Å². The molecule has 1 aliphatic rings. The Hall–Kier alpha value is -2.59. The summed E-state index contributed by atoms with van der Waals surface area (Å²) in [6.45, 7) is 2.25. The highest BCUT2D eigenvalue weighted by Gasteiger charge is 2.35. The van der Waals surface area contributed by atoms with Crippen molar-refractivity contribution in [3.05, 3.63) is 59.7 Å². The van der Waals surface area contributed by atoms with E-state index in [1.165, 1.54) is 0 Å². The summed E-state index contributed by atoms with van der Waals surface area (Å²) in [5.74, 6) is -0.231. The molecule has 6 nitrogen and oxygen atoms in total. The van der Waals surface area contributed by atoms with Gasteiger partial charge in [0.05, 0.1) is 16.4 Å². The summed E-state index contributed by atoms with van der Waals surface area (Å²) in [5.41, 5.74) is 0.0243. The van der Waals surface area contributed by atoms with E-state index in [1.807, 2.05) is 25.1 Å². The number of nitrogens with zero attached hydrogens (tertiary/aromatic N) is 1. The van der Waals surface area contributed by atoms with Gasteiger partial charge in [-0.05, 0) is 55.7 Å². The van der Waals surface area contributed by atoms with Gasteiger partial charge in [-0.25, -0.2) is 8.42 Å². The third kappa shape index (κ3) is 6.01. The Labute approximate surface area is 185 Å². The van der Waals surface area contributed by atoms with Crippen molar-refractivity contribution in [3.63, 3.8) is 0 Å². The molecule has 0 atom stereocenters. The molecule has 0 amide bonds. The van der Waals surface area contributed by atoms with Crippen LogP contribution in [0.25, 0.3) is 0 Å². The van der Waals surface area contributed by atoms with Crippen molar-refractivity contribution in [3.8, 4) is 5.75 Å². The summed E-state index contributed by atoms with van der Waals surface area (Å²) in [6.07, 6.45) is -4.17. The molecule has 3 rings (SSSR count). The molecule has 2 aromatic carbocycles. The quantitative estimate of drug-likeness (QED) is 0.450. The van der Waals surface area contributed by atoms with Crippen LogP contribution in [0.5, 0.6) is 5.75 Å². The first-order valence-corrected chi connectivity index (χ1v) is 11.5. The Morgan fingerprint density at radius 1 is 1.06 bits per heavy atom. The van der Waals surface area contributed by atoms with Gasteiger partial charge in [-0.2, -0.15) is 17.5 Å². The van der Waals surface area contributed by atoms with Gasteiger partial charge in [0.1, 0.15) is 19.0 Å². The van der Waals surface area contributed by atoms with Crippen LogP contribution in [0.1, 0.15) is 24.0 Å². The topological polar surface area (TPSA) is 72.9 Å². The highest BCUT2D eigenvalue weighted by atomic mass is 32.2. The van der Waals surface area contributed by atoms with Crippen LogP contribution in [-0.4, -0.2) is 45.0 Å². The van der Waals surface area contributed by atoms with Crippen molar-refractivity contribution in [1.29, 1.82) is 0 Å². The number of aryl methyl sites for hydroxylation is 1. The van der Waals surface area contributed by atoms with Gasteiger partial charge < -0.3 is 9.47 Å². The molecule has 0 bridgehead atoms. The van der Waals surface area contributed by atoms with Crippen LogP contribution in [0.15, 0.2) is 53.4 Å².